The second-order valence-electron chi connectivity index (χ2n) is 9.41. The Morgan fingerprint density at radius 1 is 0.914 bits per heavy atom. The number of carbonyl (C=O) groups is 1. The molecule has 1 heterocycles. The summed E-state index contributed by atoms with van der Waals surface area (Å²) in [5, 5.41) is 0. The van der Waals surface area contributed by atoms with Crippen LogP contribution in [0.25, 0.3) is 11.1 Å². The molecule has 1 aliphatic rings. The van der Waals surface area contributed by atoms with Crippen LogP contribution in [0.1, 0.15) is 32.3 Å². The highest BCUT2D eigenvalue weighted by Crippen LogP contribution is 2.31. The van der Waals surface area contributed by atoms with Gasteiger partial charge in [-0.05, 0) is 74.2 Å². The summed E-state index contributed by atoms with van der Waals surface area (Å²) in [6.45, 7) is 9.06. The fraction of sp³-hybridized carbons (Fsp3) is 0.367. The van der Waals surface area contributed by atoms with Crippen LogP contribution in [0.3, 0.4) is 0 Å². The Kier molecular flexibility index (Phi) is 8.19. The van der Waals surface area contributed by atoms with Crippen molar-refractivity contribution in [3.8, 4) is 11.1 Å². The topological polar surface area (TPSA) is 32.8 Å². The minimum atomic E-state index is -0.629. The lowest BCUT2D eigenvalue weighted by atomic mass is 9.78. The van der Waals surface area contributed by atoms with Crippen molar-refractivity contribution in [2.24, 2.45) is 0 Å². The number of hydrogen-bond donors (Lipinski definition) is 0. The number of benzene rings is 3. The summed E-state index contributed by atoms with van der Waals surface area (Å²) in [5.41, 5.74) is 3.49. The van der Waals surface area contributed by atoms with Gasteiger partial charge in [0.2, 0.25) is 0 Å². The third-order valence-corrected chi connectivity index (χ3v) is 7.03. The summed E-state index contributed by atoms with van der Waals surface area (Å²) in [5.74, 6) is -0.359. The Hall–Kier alpha value is -3.18. The van der Waals surface area contributed by atoms with E-state index >= 15 is 0 Å². The van der Waals surface area contributed by atoms with E-state index < -0.39 is 5.41 Å². The highest BCUT2D eigenvalue weighted by Gasteiger charge is 2.36. The van der Waals surface area contributed by atoms with E-state index in [0.29, 0.717) is 6.61 Å². The van der Waals surface area contributed by atoms with Crippen LogP contribution in [0.2, 0.25) is 0 Å². The summed E-state index contributed by atoms with van der Waals surface area (Å²) in [7, 11) is 0. The van der Waals surface area contributed by atoms with Gasteiger partial charge in [-0.2, -0.15) is 0 Å². The summed E-state index contributed by atoms with van der Waals surface area (Å²) in [6.07, 6.45) is 1.69. The maximum absolute atomic E-state index is 13.7. The molecule has 1 fully saturated rings. The Balaban J connectivity index is 1.32. The number of ether oxygens (including phenoxy) is 1. The Morgan fingerprint density at radius 2 is 1.60 bits per heavy atom. The van der Waals surface area contributed by atoms with Crippen molar-refractivity contribution in [1.29, 1.82) is 0 Å². The summed E-state index contributed by atoms with van der Waals surface area (Å²) < 4.78 is 19.1. The zero-order chi connectivity index (χ0) is 24.7. The van der Waals surface area contributed by atoms with Crippen molar-refractivity contribution in [3.63, 3.8) is 0 Å². The second-order valence-corrected chi connectivity index (χ2v) is 9.41. The predicted molar refractivity (Wildman–Crippen MR) is 140 cm³/mol. The molecule has 0 amide bonds. The van der Waals surface area contributed by atoms with E-state index in [1.54, 1.807) is 12.1 Å². The molecule has 0 aliphatic carbocycles. The first-order valence-corrected chi connectivity index (χ1v) is 12.6. The third kappa shape index (κ3) is 6.09. The molecule has 0 radical (unpaired) electrons. The molecule has 5 heteroatoms. The number of halogens is 1. The van der Waals surface area contributed by atoms with Crippen molar-refractivity contribution in [2.75, 3.05) is 44.2 Å². The van der Waals surface area contributed by atoms with E-state index in [9.17, 15) is 9.18 Å². The number of esters is 1. The van der Waals surface area contributed by atoms with Gasteiger partial charge in [-0.1, -0.05) is 54.6 Å². The van der Waals surface area contributed by atoms with Gasteiger partial charge in [-0.3, -0.25) is 9.69 Å². The van der Waals surface area contributed by atoms with Crippen LogP contribution < -0.4 is 4.90 Å². The average Bonchev–Trinajstić information content (AvgIpc) is 2.90. The van der Waals surface area contributed by atoms with Gasteiger partial charge in [0, 0.05) is 31.9 Å². The van der Waals surface area contributed by atoms with Crippen molar-refractivity contribution in [3.05, 3.63) is 90.2 Å². The van der Waals surface area contributed by atoms with Crippen LogP contribution in [-0.4, -0.2) is 50.2 Å². The monoisotopic (exact) mass is 474 g/mol. The number of nitrogens with zero attached hydrogens (tertiary/aromatic N) is 2. The van der Waals surface area contributed by atoms with Crippen LogP contribution in [0.5, 0.6) is 0 Å². The fourth-order valence-corrected chi connectivity index (χ4v) is 4.90. The van der Waals surface area contributed by atoms with Crippen molar-refractivity contribution < 1.29 is 13.9 Å². The molecule has 3 aromatic carbocycles. The number of carbonyl (C=O) groups excluding carboxylic acids is 1. The lowest BCUT2D eigenvalue weighted by Crippen LogP contribution is -2.47. The molecule has 1 atom stereocenters. The largest absolute Gasteiger partial charge is 0.465 e. The van der Waals surface area contributed by atoms with Gasteiger partial charge < -0.3 is 9.64 Å². The number of rotatable bonds is 9. The molecule has 184 valence electrons. The van der Waals surface area contributed by atoms with Gasteiger partial charge in [0.05, 0.1) is 12.0 Å². The van der Waals surface area contributed by atoms with E-state index in [4.69, 9.17) is 4.74 Å². The van der Waals surface area contributed by atoms with Crippen LogP contribution >= 0.6 is 0 Å². The molecule has 3 aromatic rings. The first kappa shape index (κ1) is 24.9. The van der Waals surface area contributed by atoms with Crippen molar-refractivity contribution >= 4 is 11.7 Å². The molecule has 4 nitrogen and oxygen atoms in total. The summed E-state index contributed by atoms with van der Waals surface area (Å²) in [4.78, 5) is 17.7. The maximum atomic E-state index is 13.7. The van der Waals surface area contributed by atoms with E-state index in [1.807, 2.05) is 62.4 Å². The summed E-state index contributed by atoms with van der Waals surface area (Å²) in [6, 6.07) is 25.1. The molecule has 0 spiro atoms. The van der Waals surface area contributed by atoms with E-state index in [1.165, 1.54) is 11.8 Å². The van der Waals surface area contributed by atoms with E-state index in [-0.39, 0.29) is 11.8 Å². The van der Waals surface area contributed by atoms with Crippen LogP contribution in [0.4, 0.5) is 10.1 Å². The van der Waals surface area contributed by atoms with Gasteiger partial charge in [-0.15, -0.1) is 0 Å². The van der Waals surface area contributed by atoms with E-state index in [0.717, 1.165) is 62.3 Å². The SMILES string of the molecule is CCOC(=O)C(C)(CCCN1CCN(c2cccc(-c3cccc(F)c3)c2)CC1)c1ccccc1. The van der Waals surface area contributed by atoms with Gasteiger partial charge in [0.15, 0.2) is 0 Å². The lowest BCUT2D eigenvalue weighted by Gasteiger charge is -2.37. The van der Waals surface area contributed by atoms with Crippen LogP contribution in [-0.2, 0) is 14.9 Å². The zero-order valence-electron chi connectivity index (χ0n) is 20.8. The second kappa shape index (κ2) is 11.5. The van der Waals surface area contributed by atoms with Gasteiger partial charge in [-0.25, -0.2) is 4.39 Å². The standard InChI is InChI=1S/C30H35FN2O2/c1-3-35-29(34)30(2,26-12-5-4-6-13-26)16-9-17-32-18-20-33(21-19-32)28-15-8-11-25(23-28)24-10-7-14-27(31)22-24/h4-8,10-15,22-23H,3,9,16-21H2,1-2H3. The smallest absolute Gasteiger partial charge is 0.316 e. The molecular weight excluding hydrogens is 439 g/mol. The van der Waals surface area contributed by atoms with Crippen molar-refractivity contribution in [2.45, 2.75) is 32.1 Å². The number of hydrogen-bond acceptors (Lipinski definition) is 4. The molecule has 0 saturated carbocycles. The molecular formula is C30H35FN2O2. The van der Waals surface area contributed by atoms with Crippen molar-refractivity contribution in [1.82, 2.24) is 4.90 Å². The highest BCUT2D eigenvalue weighted by molar-refractivity contribution is 5.82. The quantitative estimate of drug-likeness (QED) is 0.361. The molecule has 0 N–H and O–H groups in total. The zero-order valence-corrected chi connectivity index (χ0v) is 20.8. The third-order valence-electron chi connectivity index (χ3n) is 7.03. The highest BCUT2D eigenvalue weighted by atomic mass is 19.1. The van der Waals surface area contributed by atoms with Crippen LogP contribution in [0.15, 0.2) is 78.9 Å². The fourth-order valence-electron chi connectivity index (χ4n) is 4.90. The average molecular weight is 475 g/mol. The minimum absolute atomic E-state index is 0.144. The molecule has 0 bridgehead atoms. The van der Waals surface area contributed by atoms with Crippen LogP contribution in [0, 0.1) is 5.82 Å². The molecule has 1 unspecified atom stereocenters. The number of anilines is 1. The Morgan fingerprint density at radius 3 is 2.29 bits per heavy atom. The van der Waals surface area contributed by atoms with E-state index in [2.05, 4.69) is 21.9 Å². The molecule has 0 aromatic heterocycles. The van der Waals surface area contributed by atoms with Gasteiger partial charge >= 0.3 is 5.97 Å². The Labute approximate surface area is 208 Å². The first-order valence-electron chi connectivity index (χ1n) is 12.6. The maximum Gasteiger partial charge on any atom is 0.316 e. The lowest BCUT2D eigenvalue weighted by molar-refractivity contribution is -0.149. The normalized spacial score (nSPS) is 16.0. The molecule has 1 aliphatic heterocycles. The Bertz CT molecular complexity index is 1110. The van der Waals surface area contributed by atoms with Gasteiger partial charge in [0.25, 0.3) is 0 Å². The minimum Gasteiger partial charge on any atom is -0.465 e. The molecule has 4 rings (SSSR count). The molecule has 1 saturated heterocycles. The predicted octanol–water partition coefficient (Wildman–Crippen LogP) is 5.92. The number of piperazine rings is 1. The van der Waals surface area contributed by atoms with Gasteiger partial charge in [0.1, 0.15) is 5.82 Å². The summed E-state index contributed by atoms with van der Waals surface area (Å²) >= 11 is 0. The molecule has 35 heavy (non-hydrogen) atoms. The first-order chi connectivity index (χ1) is 17.0.